The monoisotopic (exact) mass is 270 g/mol. The largest absolute Gasteiger partial charge is 0.394 e. The molecule has 106 valence electrons. The van der Waals surface area contributed by atoms with Crippen molar-refractivity contribution >= 4 is 11.5 Å². The van der Waals surface area contributed by atoms with E-state index in [1.165, 1.54) is 11.1 Å². The normalized spacial score (nSPS) is 17.8. The van der Waals surface area contributed by atoms with Crippen LogP contribution in [0.4, 0.5) is 11.5 Å². The van der Waals surface area contributed by atoms with Crippen LogP contribution in [0.5, 0.6) is 0 Å². The summed E-state index contributed by atoms with van der Waals surface area (Å²) in [7, 11) is 0. The number of nitrogen functional groups attached to an aromatic ring is 1. The van der Waals surface area contributed by atoms with Crippen molar-refractivity contribution in [2.75, 3.05) is 11.1 Å². The van der Waals surface area contributed by atoms with Crippen molar-refractivity contribution in [2.45, 2.75) is 45.7 Å². The Bertz CT molecular complexity index is 615. The van der Waals surface area contributed by atoms with E-state index >= 15 is 0 Å². The first-order valence-corrected chi connectivity index (χ1v) is 7.35. The Kier molecular flexibility index (Phi) is 3.38. The van der Waals surface area contributed by atoms with Gasteiger partial charge in [0.2, 0.25) is 0 Å². The fourth-order valence-corrected chi connectivity index (χ4v) is 2.99. The number of benzene rings is 1. The number of nitrogens with one attached hydrogen (secondary N) is 1. The van der Waals surface area contributed by atoms with Gasteiger partial charge >= 0.3 is 0 Å². The van der Waals surface area contributed by atoms with Crippen LogP contribution in [0.15, 0.2) is 24.3 Å². The minimum absolute atomic E-state index is 0.439. The third kappa shape index (κ3) is 2.26. The number of nitrogens with zero attached hydrogens (tertiary/aromatic N) is 2. The van der Waals surface area contributed by atoms with Crippen molar-refractivity contribution < 1.29 is 0 Å². The number of fused-ring (bicyclic) bond motifs is 1. The Labute approximate surface area is 120 Å². The molecule has 1 atom stereocenters. The molecule has 0 saturated heterocycles. The van der Waals surface area contributed by atoms with Crippen LogP contribution in [-0.2, 0) is 19.4 Å². The van der Waals surface area contributed by atoms with Crippen LogP contribution in [0.3, 0.4) is 0 Å². The van der Waals surface area contributed by atoms with Crippen LogP contribution in [0.25, 0.3) is 0 Å². The number of anilines is 2. The maximum Gasteiger partial charge on any atom is 0.148 e. The Morgan fingerprint density at radius 2 is 2.10 bits per heavy atom. The van der Waals surface area contributed by atoms with Gasteiger partial charge in [-0.3, -0.25) is 0 Å². The molecule has 1 aromatic carbocycles. The molecule has 4 nitrogen and oxygen atoms in total. The van der Waals surface area contributed by atoms with Gasteiger partial charge in [-0.1, -0.05) is 24.3 Å². The second-order valence-corrected chi connectivity index (χ2v) is 5.52. The quantitative estimate of drug-likeness (QED) is 0.901. The summed E-state index contributed by atoms with van der Waals surface area (Å²) in [6, 6.07) is 9.15. The van der Waals surface area contributed by atoms with Crippen molar-refractivity contribution in [3.05, 3.63) is 41.1 Å². The second-order valence-electron chi connectivity index (χ2n) is 5.52. The number of rotatable bonds is 3. The predicted octanol–water partition coefficient (Wildman–Crippen LogP) is 2.76. The number of aromatic nitrogens is 2. The lowest BCUT2D eigenvalue weighted by Crippen LogP contribution is -2.28. The highest BCUT2D eigenvalue weighted by atomic mass is 15.3. The first kappa shape index (κ1) is 13.0. The molecule has 0 radical (unpaired) electrons. The van der Waals surface area contributed by atoms with Crippen LogP contribution in [0.1, 0.15) is 30.2 Å². The van der Waals surface area contributed by atoms with Gasteiger partial charge in [0.1, 0.15) is 5.82 Å². The van der Waals surface area contributed by atoms with Gasteiger partial charge in [0.05, 0.1) is 11.4 Å². The van der Waals surface area contributed by atoms with Crippen LogP contribution in [0.2, 0.25) is 0 Å². The summed E-state index contributed by atoms with van der Waals surface area (Å²) in [5.74, 6) is 0.981. The van der Waals surface area contributed by atoms with Gasteiger partial charge in [-0.05, 0) is 44.2 Å². The van der Waals surface area contributed by atoms with Crippen molar-refractivity contribution in [3.8, 4) is 0 Å². The van der Waals surface area contributed by atoms with E-state index in [1.807, 2.05) is 11.6 Å². The summed E-state index contributed by atoms with van der Waals surface area (Å²) >= 11 is 0. The molecule has 2 aromatic rings. The fraction of sp³-hybridized carbons (Fsp3) is 0.438. The van der Waals surface area contributed by atoms with E-state index in [-0.39, 0.29) is 0 Å². The molecular weight excluding hydrogens is 248 g/mol. The molecule has 1 aliphatic rings. The molecule has 1 aromatic heterocycles. The average molecular weight is 270 g/mol. The molecule has 20 heavy (non-hydrogen) atoms. The molecule has 0 amide bonds. The Hall–Kier alpha value is -1.97. The third-order valence-corrected chi connectivity index (χ3v) is 4.16. The molecule has 3 rings (SSSR count). The lowest BCUT2D eigenvalue weighted by molar-refractivity contribution is 0.590. The van der Waals surface area contributed by atoms with Crippen molar-refractivity contribution in [1.29, 1.82) is 0 Å². The summed E-state index contributed by atoms with van der Waals surface area (Å²) in [5.41, 5.74) is 10.8. The van der Waals surface area contributed by atoms with Gasteiger partial charge < -0.3 is 11.1 Å². The Morgan fingerprint density at radius 1 is 1.35 bits per heavy atom. The number of aryl methyl sites for hydroxylation is 3. The molecule has 1 heterocycles. The zero-order valence-electron chi connectivity index (χ0n) is 12.2. The van der Waals surface area contributed by atoms with Gasteiger partial charge in [0.25, 0.3) is 0 Å². The van der Waals surface area contributed by atoms with Gasteiger partial charge in [-0.25, -0.2) is 4.68 Å². The zero-order chi connectivity index (χ0) is 14.1. The first-order chi connectivity index (χ1) is 9.69. The van der Waals surface area contributed by atoms with Crippen LogP contribution in [-0.4, -0.2) is 15.8 Å². The molecule has 0 fully saturated rings. The van der Waals surface area contributed by atoms with E-state index < -0.39 is 0 Å². The molecule has 0 aliphatic heterocycles. The summed E-state index contributed by atoms with van der Waals surface area (Å²) in [6.45, 7) is 4.89. The van der Waals surface area contributed by atoms with E-state index in [0.717, 1.165) is 43.0 Å². The average Bonchev–Trinajstić information content (AvgIpc) is 2.75. The van der Waals surface area contributed by atoms with Gasteiger partial charge in [-0.15, -0.1) is 0 Å². The maximum absolute atomic E-state index is 6.14. The van der Waals surface area contributed by atoms with Crippen LogP contribution >= 0.6 is 0 Å². The lowest BCUT2D eigenvalue weighted by Gasteiger charge is -2.26. The number of hydrogen-bond acceptors (Lipinski definition) is 3. The molecule has 0 spiro atoms. The Balaban J connectivity index is 1.80. The van der Waals surface area contributed by atoms with Gasteiger partial charge in [0, 0.05) is 12.6 Å². The minimum atomic E-state index is 0.439. The summed E-state index contributed by atoms with van der Waals surface area (Å²) < 4.78 is 1.96. The van der Waals surface area contributed by atoms with E-state index in [4.69, 9.17) is 5.73 Å². The number of nitrogens with two attached hydrogens (primary N) is 1. The molecule has 3 N–H and O–H groups in total. The summed E-state index contributed by atoms with van der Waals surface area (Å²) in [5, 5.41) is 8.07. The van der Waals surface area contributed by atoms with Crippen molar-refractivity contribution in [2.24, 2.45) is 0 Å². The summed E-state index contributed by atoms with van der Waals surface area (Å²) in [6.07, 6.45) is 3.33. The SMILES string of the molecule is CCn1nc(C)c(N)c1NC1CCc2ccccc2C1. The van der Waals surface area contributed by atoms with Crippen molar-refractivity contribution in [1.82, 2.24) is 9.78 Å². The molecule has 1 unspecified atom stereocenters. The molecular formula is C16H22N4. The summed E-state index contributed by atoms with van der Waals surface area (Å²) in [4.78, 5) is 0. The Morgan fingerprint density at radius 3 is 2.85 bits per heavy atom. The topological polar surface area (TPSA) is 55.9 Å². The highest BCUT2D eigenvalue weighted by Crippen LogP contribution is 2.27. The maximum atomic E-state index is 6.14. The highest BCUT2D eigenvalue weighted by Gasteiger charge is 2.21. The number of hydrogen-bond donors (Lipinski definition) is 2. The first-order valence-electron chi connectivity index (χ1n) is 7.35. The van der Waals surface area contributed by atoms with E-state index in [9.17, 15) is 0 Å². The smallest absolute Gasteiger partial charge is 0.148 e. The van der Waals surface area contributed by atoms with Crippen LogP contribution in [0, 0.1) is 6.92 Å². The second kappa shape index (κ2) is 5.19. The van der Waals surface area contributed by atoms with Gasteiger partial charge in [0.15, 0.2) is 0 Å². The van der Waals surface area contributed by atoms with E-state index in [2.05, 4.69) is 41.6 Å². The standard InChI is InChI=1S/C16H22N4/c1-3-20-16(15(17)11(2)19-20)18-14-9-8-12-6-4-5-7-13(12)10-14/h4-7,14,18H,3,8-10,17H2,1-2H3. The molecule has 4 heteroatoms. The van der Waals surface area contributed by atoms with E-state index in [1.54, 1.807) is 0 Å². The zero-order valence-corrected chi connectivity index (χ0v) is 12.2. The molecule has 0 saturated carbocycles. The minimum Gasteiger partial charge on any atom is -0.394 e. The fourth-order valence-electron chi connectivity index (χ4n) is 2.99. The lowest BCUT2D eigenvalue weighted by atomic mass is 9.88. The van der Waals surface area contributed by atoms with E-state index in [0.29, 0.717) is 6.04 Å². The third-order valence-electron chi connectivity index (χ3n) is 4.16. The van der Waals surface area contributed by atoms with Crippen molar-refractivity contribution in [3.63, 3.8) is 0 Å². The molecule has 0 bridgehead atoms. The molecule has 1 aliphatic carbocycles. The predicted molar refractivity (Wildman–Crippen MR) is 82.9 cm³/mol. The highest BCUT2D eigenvalue weighted by molar-refractivity contribution is 5.65. The van der Waals surface area contributed by atoms with Gasteiger partial charge in [-0.2, -0.15) is 5.10 Å². The van der Waals surface area contributed by atoms with Crippen LogP contribution < -0.4 is 11.1 Å².